The van der Waals surface area contributed by atoms with Gasteiger partial charge in [-0.3, -0.25) is 14.4 Å². The molecule has 6 heteroatoms. The summed E-state index contributed by atoms with van der Waals surface area (Å²) >= 11 is 0. The smallest absolute Gasteiger partial charge is 0.307 e. The van der Waals surface area contributed by atoms with Crippen molar-refractivity contribution in [3.63, 3.8) is 0 Å². The van der Waals surface area contributed by atoms with Gasteiger partial charge < -0.3 is 15.3 Å². The van der Waals surface area contributed by atoms with Crippen LogP contribution >= 0.6 is 0 Å². The number of hydrogen-bond acceptors (Lipinski definition) is 3. The maximum atomic E-state index is 12.6. The molecule has 2 rings (SSSR count). The second kappa shape index (κ2) is 7.68. The summed E-state index contributed by atoms with van der Waals surface area (Å²) in [6.45, 7) is 6.64. The second-order valence-corrected chi connectivity index (χ2v) is 7.74. The molecule has 0 aliphatic carbocycles. The molecule has 25 heavy (non-hydrogen) atoms. The van der Waals surface area contributed by atoms with Crippen molar-refractivity contribution in [2.75, 3.05) is 11.9 Å². The van der Waals surface area contributed by atoms with Gasteiger partial charge in [0.2, 0.25) is 11.8 Å². The lowest BCUT2D eigenvalue weighted by atomic mass is 9.91. The average molecular weight is 346 g/mol. The Morgan fingerprint density at radius 1 is 1.20 bits per heavy atom. The van der Waals surface area contributed by atoms with Crippen LogP contribution in [0, 0.1) is 5.41 Å². The summed E-state index contributed by atoms with van der Waals surface area (Å²) < 4.78 is 0. The number of likely N-dealkylation sites (tertiary alicyclic amines) is 1. The van der Waals surface area contributed by atoms with Gasteiger partial charge >= 0.3 is 5.97 Å². The molecule has 1 unspecified atom stereocenters. The second-order valence-electron chi connectivity index (χ2n) is 7.74. The summed E-state index contributed by atoms with van der Waals surface area (Å²) in [7, 11) is 0. The van der Waals surface area contributed by atoms with E-state index >= 15 is 0 Å². The minimum Gasteiger partial charge on any atom is -0.481 e. The van der Waals surface area contributed by atoms with Crippen molar-refractivity contribution in [2.45, 2.75) is 52.5 Å². The standard InChI is InChI=1S/C19H26N2O4/c1-19(2,3)12-16(22)21-10-4-5-15(21)18(25)20-14-8-6-13(7-9-14)11-17(23)24/h6-9,15H,4-5,10-12H2,1-3H3,(H,20,25)(H,23,24). The highest BCUT2D eigenvalue weighted by Gasteiger charge is 2.35. The summed E-state index contributed by atoms with van der Waals surface area (Å²) in [5.41, 5.74) is 1.17. The topological polar surface area (TPSA) is 86.7 Å². The van der Waals surface area contributed by atoms with E-state index < -0.39 is 12.0 Å². The zero-order valence-corrected chi connectivity index (χ0v) is 15.0. The fourth-order valence-electron chi connectivity index (χ4n) is 3.00. The van der Waals surface area contributed by atoms with Gasteiger partial charge in [0.1, 0.15) is 6.04 Å². The van der Waals surface area contributed by atoms with E-state index in [1.54, 1.807) is 29.2 Å². The van der Waals surface area contributed by atoms with Crippen LogP contribution in [-0.4, -0.2) is 40.4 Å². The van der Waals surface area contributed by atoms with Crippen LogP contribution < -0.4 is 5.32 Å². The summed E-state index contributed by atoms with van der Waals surface area (Å²) in [6, 6.07) is 6.30. The molecule has 0 radical (unpaired) electrons. The van der Waals surface area contributed by atoms with Gasteiger partial charge in [0, 0.05) is 18.7 Å². The minimum absolute atomic E-state index is 0.0157. The first-order valence-corrected chi connectivity index (χ1v) is 8.57. The molecular weight excluding hydrogens is 320 g/mol. The van der Waals surface area contributed by atoms with Gasteiger partial charge in [-0.15, -0.1) is 0 Å². The number of hydrogen-bond donors (Lipinski definition) is 2. The van der Waals surface area contributed by atoms with E-state index in [0.29, 0.717) is 30.6 Å². The van der Waals surface area contributed by atoms with Crippen LogP contribution in [0.2, 0.25) is 0 Å². The largest absolute Gasteiger partial charge is 0.481 e. The van der Waals surface area contributed by atoms with Gasteiger partial charge in [-0.25, -0.2) is 0 Å². The number of carboxylic acid groups (broad SMARTS) is 1. The van der Waals surface area contributed by atoms with Gasteiger partial charge in [-0.1, -0.05) is 32.9 Å². The normalized spacial score (nSPS) is 17.4. The van der Waals surface area contributed by atoms with Crippen molar-refractivity contribution >= 4 is 23.5 Å². The molecule has 1 aliphatic heterocycles. The molecule has 1 aromatic rings. The molecule has 1 aliphatic rings. The van der Waals surface area contributed by atoms with Gasteiger partial charge in [0.25, 0.3) is 0 Å². The third-order valence-electron chi connectivity index (χ3n) is 4.13. The zero-order chi connectivity index (χ0) is 18.6. The van der Waals surface area contributed by atoms with E-state index in [4.69, 9.17) is 5.11 Å². The highest BCUT2D eigenvalue weighted by atomic mass is 16.4. The first-order chi connectivity index (χ1) is 11.7. The molecule has 6 nitrogen and oxygen atoms in total. The number of rotatable bonds is 5. The fraction of sp³-hybridized carbons (Fsp3) is 0.526. The van der Waals surface area contributed by atoms with Crippen LogP contribution in [0.25, 0.3) is 0 Å². The highest BCUT2D eigenvalue weighted by molar-refractivity contribution is 5.97. The Morgan fingerprint density at radius 2 is 1.84 bits per heavy atom. The molecule has 1 heterocycles. The third-order valence-corrected chi connectivity index (χ3v) is 4.13. The summed E-state index contributed by atoms with van der Waals surface area (Å²) in [4.78, 5) is 37.4. The molecule has 1 fully saturated rings. The van der Waals surface area contributed by atoms with E-state index in [0.717, 1.165) is 6.42 Å². The Bertz CT molecular complexity index is 646. The number of benzene rings is 1. The van der Waals surface area contributed by atoms with Gasteiger partial charge in [0.15, 0.2) is 0 Å². The van der Waals surface area contributed by atoms with E-state index in [9.17, 15) is 14.4 Å². The fourth-order valence-corrected chi connectivity index (χ4v) is 3.00. The molecule has 2 N–H and O–H groups in total. The van der Waals surface area contributed by atoms with Crippen LogP contribution in [0.3, 0.4) is 0 Å². The molecule has 1 atom stereocenters. The van der Waals surface area contributed by atoms with Crippen molar-refractivity contribution in [3.05, 3.63) is 29.8 Å². The van der Waals surface area contributed by atoms with E-state index in [1.165, 1.54) is 0 Å². The van der Waals surface area contributed by atoms with Crippen molar-refractivity contribution < 1.29 is 19.5 Å². The Labute approximate surface area is 148 Å². The molecule has 0 aromatic heterocycles. The molecular formula is C19H26N2O4. The van der Waals surface area contributed by atoms with Gasteiger partial charge in [-0.2, -0.15) is 0 Å². The molecule has 136 valence electrons. The third kappa shape index (κ3) is 5.59. The van der Waals surface area contributed by atoms with E-state index in [2.05, 4.69) is 5.32 Å². The summed E-state index contributed by atoms with van der Waals surface area (Å²) in [5.74, 6) is -1.07. The lowest BCUT2D eigenvalue weighted by molar-refractivity contribution is -0.138. The minimum atomic E-state index is -0.893. The molecule has 1 aromatic carbocycles. The van der Waals surface area contributed by atoms with Crippen molar-refractivity contribution in [1.29, 1.82) is 0 Å². The molecule has 0 saturated carbocycles. The molecule has 0 bridgehead atoms. The Hall–Kier alpha value is -2.37. The van der Waals surface area contributed by atoms with Crippen molar-refractivity contribution in [3.8, 4) is 0 Å². The van der Waals surface area contributed by atoms with Crippen LogP contribution in [0.4, 0.5) is 5.69 Å². The van der Waals surface area contributed by atoms with Crippen LogP contribution in [-0.2, 0) is 20.8 Å². The summed E-state index contributed by atoms with van der Waals surface area (Å²) in [6.07, 6.45) is 1.86. The van der Waals surface area contributed by atoms with Gasteiger partial charge in [0.05, 0.1) is 6.42 Å². The number of amides is 2. The first-order valence-electron chi connectivity index (χ1n) is 8.57. The first kappa shape index (κ1) is 19.0. The maximum Gasteiger partial charge on any atom is 0.307 e. The Balaban J connectivity index is 1.99. The number of aliphatic carboxylic acids is 1. The maximum absolute atomic E-state index is 12.6. The van der Waals surface area contributed by atoms with Gasteiger partial charge in [-0.05, 0) is 36.0 Å². The lowest BCUT2D eigenvalue weighted by Gasteiger charge is -2.27. The van der Waals surface area contributed by atoms with Crippen molar-refractivity contribution in [2.24, 2.45) is 5.41 Å². The van der Waals surface area contributed by atoms with Crippen molar-refractivity contribution in [1.82, 2.24) is 4.90 Å². The number of carbonyl (C=O) groups excluding carboxylic acids is 2. The van der Waals surface area contributed by atoms with E-state index in [1.807, 2.05) is 20.8 Å². The quantitative estimate of drug-likeness (QED) is 0.858. The monoisotopic (exact) mass is 346 g/mol. The highest BCUT2D eigenvalue weighted by Crippen LogP contribution is 2.25. The number of carboxylic acids is 1. The van der Waals surface area contributed by atoms with Crippen LogP contribution in [0.5, 0.6) is 0 Å². The van der Waals surface area contributed by atoms with E-state index in [-0.39, 0.29) is 23.7 Å². The Kier molecular flexibility index (Phi) is 5.82. The molecule has 1 saturated heterocycles. The van der Waals surface area contributed by atoms with Crippen LogP contribution in [0.15, 0.2) is 24.3 Å². The average Bonchev–Trinajstić information content (AvgIpc) is 2.96. The predicted octanol–water partition coefficient (Wildman–Crippen LogP) is 2.68. The molecule has 2 amide bonds. The molecule has 0 spiro atoms. The lowest BCUT2D eigenvalue weighted by Crippen LogP contribution is -2.44. The van der Waals surface area contributed by atoms with Crippen LogP contribution in [0.1, 0.15) is 45.6 Å². The zero-order valence-electron chi connectivity index (χ0n) is 15.0. The number of carbonyl (C=O) groups is 3. The SMILES string of the molecule is CC(C)(C)CC(=O)N1CCCC1C(=O)Nc1ccc(CC(=O)O)cc1. The summed E-state index contributed by atoms with van der Waals surface area (Å²) in [5, 5.41) is 11.6. The Morgan fingerprint density at radius 3 is 2.40 bits per heavy atom. The predicted molar refractivity (Wildman–Crippen MR) is 95.2 cm³/mol. The number of nitrogens with zero attached hydrogens (tertiary/aromatic N) is 1. The number of anilines is 1. The number of nitrogens with one attached hydrogen (secondary N) is 1.